The number of likely N-dealkylation sites (N-methyl/N-ethyl adjacent to an activating group) is 1. The third-order valence-electron chi connectivity index (χ3n) is 4.58. The van der Waals surface area contributed by atoms with E-state index >= 15 is 0 Å². The molecule has 0 heterocycles. The Hall–Kier alpha value is -2.31. The topological polar surface area (TPSA) is 61.4 Å². The van der Waals surface area contributed by atoms with Crippen molar-refractivity contribution in [2.75, 3.05) is 38.0 Å². The summed E-state index contributed by atoms with van der Waals surface area (Å²) in [5.41, 5.74) is 3.54. The molecule has 0 saturated heterocycles. The van der Waals surface area contributed by atoms with E-state index in [9.17, 15) is 9.59 Å². The second kappa shape index (κ2) is 11.6. The summed E-state index contributed by atoms with van der Waals surface area (Å²) < 4.78 is 0. The molecule has 0 radical (unpaired) electrons. The second-order valence-electron chi connectivity index (χ2n) is 7.42. The number of aryl methyl sites for hydroxylation is 1. The molecule has 2 rings (SSSR count). The zero-order valence-electron chi connectivity index (χ0n) is 17.7. The summed E-state index contributed by atoms with van der Waals surface area (Å²) in [6, 6.07) is 14.7. The number of thioether (sulfide) groups is 1. The summed E-state index contributed by atoms with van der Waals surface area (Å²) in [5.74, 6) is 0.366. The molecule has 0 bridgehead atoms. The van der Waals surface area contributed by atoms with E-state index in [4.69, 9.17) is 0 Å². The van der Waals surface area contributed by atoms with E-state index in [1.165, 1.54) is 5.56 Å². The molecule has 0 fully saturated rings. The van der Waals surface area contributed by atoms with Gasteiger partial charge in [-0.2, -0.15) is 11.8 Å². The summed E-state index contributed by atoms with van der Waals surface area (Å²) in [6.45, 7) is 2.92. The normalized spacial score (nSPS) is 11.9. The van der Waals surface area contributed by atoms with Crippen LogP contribution in [0.1, 0.15) is 27.9 Å². The summed E-state index contributed by atoms with van der Waals surface area (Å²) >= 11 is 1.65. The van der Waals surface area contributed by atoms with Crippen molar-refractivity contribution >= 4 is 29.3 Å². The minimum Gasteiger partial charge on any atom is -0.340 e. The van der Waals surface area contributed by atoms with E-state index in [0.29, 0.717) is 12.0 Å². The van der Waals surface area contributed by atoms with Crippen LogP contribution in [0.25, 0.3) is 0 Å². The zero-order chi connectivity index (χ0) is 21.2. The Labute approximate surface area is 178 Å². The van der Waals surface area contributed by atoms with Crippen molar-refractivity contribution in [3.05, 3.63) is 65.2 Å². The number of hydrogen-bond donors (Lipinski definition) is 2. The summed E-state index contributed by atoms with van der Waals surface area (Å²) in [7, 11) is 4.10. The molecular weight excluding hydrogens is 382 g/mol. The number of anilines is 1. The van der Waals surface area contributed by atoms with Crippen molar-refractivity contribution < 1.29 is 9.59 Å². The van der Waals surface area contributed by atoms with Gasteiger partial charge < -0.3 is 15.5 Å². The SMILES string of the molecule is CSCCC(NC(=O)c1cccc(C)c1)C(=O)Nc1ccc(CCN(C)C)cc1. The number of nitrogens with zero attached hydrogens (tertiary/aromatic N) is 1. The van der Waals surface area contributed by atoms with Gasteiger partial charge in [0.25, 0.3) is 5.91 Å². The lowest BCUT2D eigenvalue weighted by molar-refractivity contribution is -0.118. The summed E-state index contributed by atoms with van der Waals surface area (Å²) in [6.07, 6.45) is 3.53. The predicted octanol–water partition coefficient (Wildman–Crippen LogP) is 3.59. The van der Waals surface area contributed by atoms with Crippen LogP contribution in [0.5, 0.6) is 0 Å². The van der Waals surface area contributed by atoms with Crippen LogP contribution in [-0.4, -0.2) is 55.4 Å². The fourth-order valence-corrected chi connectivity index (χ4v) is 3.34. The van der Waals surface area contributed by atoms with Gasteiger partial charge in [0, 0.05) is 17.8 Å². The van der Waals surface area contributed by atoms with E-state index in [1.807, 2.05) is 69.7 Å². The van der Waals surface area contributed by atoms with Crippen molar-refractivity contribution in [2.24, 2.45) is 0 Å². The molecule has 0 saturated carbocycles. The van der Waals surface area contributed by atoms with E-state index < -0.39 is 6.04 Å². The first kappa shape index (κ1) is 23.0. The maximum absolute atomic E-state index is 12.8. The Bertz CT molecular complexity index is 806. The highest BCUT2D eigenvalue weighted by molar-refractivity contribution is 7.98. The van der Waals surface area contributed by atoms with Crippen LogP contribution in [0, 0.1) is 6.92 Å². The van der Waals surface area contributed by atoms with Gasteiger partial charge >= 0.3 is 0 Å². The molecule has 0 aliphatic carbocycles. The highest BCUT2D eigenvalue weighted by atomic mass is 32.2. The van der Waals surface area contributed by atoms with Crippen molar-refractivity contribution in [3.8, 4) is 0 Å². The molecule has 5 nitrogen and oxygen atoms in total. The van der Waals surface area contributed by atoms with Crippen LogP contribution >= 0.6 is 11.8 Å². The molecule has 1 atom stereocenters. The summed E-state index contributed by atoms with van der Waals surface area (Å²) in [4.78, 5) is 27.5. The average molecular weight is 414 g/mol. The molecular formula is C23H31N3O2S. The quantitative estimate of drug-likeness (QED) is 0.625. The first-order valence-electron chi connectivity index (χ1n) is 9.80. The van der Waals surface area contributed by atoms with Crippen molar-refractivity contribution in [1.29, 1.82) is 0 Å². The van der Waals surface area contributed by atoms with Crippen molar-refractivity contribution in [3.63, 3.8) is 0 Å². The van der Waals surface area contributed by atoms with E-state index in [0.717, 1.165) is 30.0 Å². The lowest BCUT2D eigenvalue weighted by Crippen LogP contribution is -2.44. The minimum atomic E-state index is -0.580. The molecule has 2 aromatic carbocycles. The number of carbonyl (C=O) groups is 2. The van der Waals surface area contributed by atoms with E-state index in [1.54, 1.807) is 17.8 Å². The fourth-order valence-electron chi connectivity index (χ4n) is 2.87. The Morgan fingerprint density at radius 2 is 1.83 bits per heavy atom. The summed E-state index contributed by atoms with van der Waals surface area (Å²) in [5, 5.41) is 5.83. The Balaban J connectivity index is 2.01. The molecule has 156 valence electrons. The monoisotopic (exact) mass is 413 g/mol. The van der Waals surface area contributed by atoms with Crippen molar-refractivity contribution in [2.45, 2.75) is 25.8 Å². The standard InChI is InChI=1S/C23H31N3O2S/c1-17-6-5-7-19(16-17)22(27)25-21(13-15-29-4)23(28)24-20-10-8-18(9-11-20)12-14-26(2)3/h5-11,16,21H,12-15H2,1-4H3,(H,24,28)(H,25,27). The number of hydrogen-bond acceptors (Lipinski definition) is 4. The van der Waals surface area contributed by atoms with Gasteiger partial charge in [-0.25, -0.2) is 0 Å². The maximum Gasteiger partial charge on any atom is 0.251 e. The lowest BCUT2D eigenvalue weighted by Gasteiger charge is -2.18. The number of carbonyl (C=O) groups excluding carboxylic acids is 2. The molecule has 2 N–H and O–H groups in total. The van der Waals surface area contributed by atoms with Crippen LogP contribution in [0.2, 0.25) is 0 Å². The Kier molecular flexibility index (Phi) is 9.22. The third-order valence-corrected chi connectivity index (χ3v) is 5.23. The fraction of sp³-hybridized carbons (Fsp3) is 0.391. The zero-order valence-corrected chi connectivity index (χ0v) is 18.5. The average Bonchev–Trinajstić information content (AvgIpc) is 2.70. The molecule has 2 amide bonds. The van der Waals surface area contributed by atoms with Crippen LogP contribution < -0.4 is 10.6 Å². The number of rotatable bonds is 10. The van der Waals surface area contributed by atoms with Gasteiger partial charge in [0.2, 0.25) is 5.91 Å². The van der Waals surface area contributed by atoms with Crippen LogP contribution in [0.15, 0.2) is 48.5 Å². The highest BCUT2D eigenvalue weighted by Gasteiger charge is 2.21. The molecule has 1 unspecified atom stereocenters. The van der Waals surface area contributed by atoms with Gasteiger partial charge in [-0.05, 0) is 75.7 Å². The molecule has 0 aliphatic rings. The third kappa shape index (κ3) is 7.91. The van der Waals surface area contributed by atoms with Gasteiger partial charge in [-0.3, -0.25) is 9.59 Å². The van der Waals surface area contributed by atoms with Gasteiger partial charge in [-0.15, -0.1) is 0 Å². The molecule has 2 aromatic rings. The van der Waals surface area contributed by atoms with Crippen LogP contribution in [0.3, 0.4) is 0 Å². The Morgan fingerprint density at radius 1 is 1.10 bits per heavy atom. The highest BCUT2D eigenvalue weighted by Crippen LogP contribution is 2.13. The van der Waals surface area contributed by atoms with Gasteiger partial charge in [0.05, 0.1) is 0 Å². The van der Waals surface area contributed by atoms with Crippen LogP contribution in [-0.2, 0) is 11.2 Å². The largest absolute Gasteiger partial charge is 0.340 e. The molecule has 0 aliphatic heterocycles. The maximum atomic E-state index is 12.8. The van der Waals surface area contributed by atoms with Crippen LogP contribution in [0.4, 0.5) is 5.69 Å². The molecule has 0 spiro atoms. The van der Waals surface area contributed by atoms with Gasteiger partial charge in [0.15, 0.2) is 0 Å². The van der Waals surface area contributed by atoms with Gasteiger partial charge in [-0.1, -0.05) is 29.8 Å². The Morgan fingerprint density at radius 3 is 2.45 bits per heavy atom. The first-order chi connectivity index (χ1) is 13.9. The van der Waals surface area contributed by atoms with Crippen molar-refractivity contribution in [1.82, 2.24) is 10.2 Å². The lowest BCUT2D eigenvalue weighted by atomic mass is 10.1. The smallest absolute Gasteiger partial charge is 0.251 e. The number of nitrogens with one attached hydrogen (secondary N) is 2. The molecule has 6 heteroatoms. The molecule has 0 aromatic heterocycles. The number of amides is 2. The first-order valence-corrected chi connectivity index (χ1v) is 11.2. The van der Waals surface area contributed by atoms with Gasteiger partial charge in [0.1, 0.15) is 6.04 Å². The molecule has 29 heavy (non-hydrogen) atoms. The minimum absolute atomic E-state index is 0.193. The number of benzene rings is 2. The predicted molar refractivity (Wildman–Crippen MR) is 123 cm³/mol. The van der Waals surface area contributed by atoms with E-state index in [-0.39, 0.29) is 11.8 Å². The van der Waals surface area contributed by atoms with E-state index in [2.05, 4.69) is 15.5 Å². The second-order valence-corrected chi connectivity index (χ2v) is 8.40.